The van der Waals surface area contributed by atoms with Crippen LogP contribution in [0.4, 0.5) is 0 Å². The van der Waals surface area contributed by atoms with E-state index in [1.807, 2.05) is 62.4 Å². The minimum Gasteiger partial charge on any atom is -0.306 e. The molecule has 0 radical (unpaired) electrons. The molecular weight excluding hydrogens is 520 g/mol. The topological polar surface area (TPSA) is 141 Å². The molecule has 10 nitrogen and oxygen atoms in total. The molecule has 0 amide bonds. The Morgan fingerprint density at radius 2 is 0.951 bits per heavy atom. The molecule has 0 unspecified atom stereocenters. The summed E-state index contributed by atoms with van der Waals surface area (Å²) < 4.78 is 2.77. The number of pyridine rings is 2. The van der Waals surface area contributed by atoms with Crippen molar-refractivity contribution in [2.75, 3.05) is 0 Å². The lowest BCUT2D eigenvalue weighted by Crippen LogP contribution is -2.16. The molecule has 0 saturated heterocycles. The highest BCUT2D eigenvalue weighted by atomic mass is 16.1. The van der Waals surface area contributed by atoms with E-state index < -0.39 is 11.1 Å². The Kier molecular flexibility index (Phi) is 5.98. The second-order valence-electron chi connectivity index (χ2n) is 10.1. The van der Waals surface area contributed by atoms with E-state index in [1.54, 1.807) is 13.8 Å². The Balaban J connectivity index is 1.44. The molecule has 2 aromatic carbocycles. The van der Waals surface area contributed by atoms with Crippen molar-refractivity contribution < 1.29 is 0 Å². The zero-order valence-corrected chi connectivity index (χ0v) is 22.8. The molecule has 0 atom stereocenters. The number of aromatic amines is 4. The van der Waals surface area contributed by atoms with Crippen LogP contribution in [0.2, 0.25) is 0 Å². The maximum Gasteiger partial charge on any atom is 0.281 e. The molecule has 0 fully saturated rings. The second-order valence-corrected chi connectivity index (χ2v) is 10.1. The van der Waals surface area contributed by atoms with Gasteiger partial charge in [0.2, 0.25) is 0 Å². The van der Waals surface area contributed by atoms with Gasteiger partial charge in [0, 0.05) is 0 Å². The lowest BCUT2D eigenvalue weighted by atomic mass is 10.1. The molecule has 6 rings (SSSR count). The summed E-state index contributed by atoms with van der Waals surface area (Å²) in [5, 5.41) is 6.63. The van der Waals surface area contributed by atoms with Crippen molar-refractivity contribution in [2.45, 2.75) is 27.7 Å². The van der Waals surface area contributed by atoms with Gasteiger partial charge in [-0.25, -0.2) is 9.36 Å². The molecule has 0 aliphatic rings. The van der Waals surface area contributed by atoms with Crippen molar-refractivity contribution in [2.24, 2.45) is 0 Å². The number of benzene rings is 2. The predicted octanol–water partition coefficient (Wildman–Crippen LogP) is 3.89. The van der Waals surface area contributed by atoms with Crippen molar-refractivity contribution in [1.29, 1.82) is 0 Å². The third-order valence-corrected chi connectivity index (χ3v) is 7.35. The molecule has 4 N–H and O–H groups in total. The lowest BCUT2D eigenvalue weighted by Gasteiger charge is -2.00. The van der Waals surface area contributed by atoms with Crippen LogP contribution in [0, 0.1) is 27.7 Å². The van der Waals surface area contributed by atoms with Gasteiger partial charge in [-0.05, 0) is 75.2 Å². The first-order valence-electron chi connectivity index (χ1n) is 13.0. The van der Waals surface area contributed by atoms with Gasteiger partial charge in [0.25, 0.3) is 22.2 Å². The Hall–Kier alpha value is -5.60. The van der Waals surface area contributed by atoms with Crippen molar-refractivity contribution in [1.82, 2.24) is 29.5 Å². The number of hydrogen-bond acceptors (Lipinski definition) is 4. The zero-order chi connectivity index (χ0) is 29.0. The first kappa shape index (κ1) is 25.7. The van der Waals surface area contributed by atoms with Crippen LogP contribution in [0.15, 0.2) is 73.4 Å². The van der Waals surface area contributed by atoms with Crippen LogP contribution in [0.1, 0.15) is 33.4 Å². The van der Waals surface area contributed by atoms with Gasteiger partial charge in [0.05, 0.1) is 33.3 Å². The summed E-state index contributed by atoms with van der Waals surface area (Å²) in [5.74, 6) is 0. The van der Waals surface area contributed by atoms with E-state index >= 15 is 0 Å². The number of aryl methyl sites for hydroxylation is 4. The van der Waals surface area contributed by atoms with E-state index in [1.165, 1.54) is 21.5 Å². The van der Waals surface area contributed by atoms with E-state index in [0.29, 0.717) is 44.6 Å². The van der Waals surface area contributed by atoms with Gasteiger partial charge >= 0.3 is 0 Å². The van der Waals surface area contributed by atoms with E-state index in [2.05, 4.69) is 25.9 Å². The molecule has 4 heterocycles. The SMILES string of the molecule is Cc1ccc(-n2[nH]c3[nH]c(=O)c(C=C=Cc4c(C)c5c(=O)n(-c6ccc(C)cc6)[nH]c5[nH]c4=O)c(C)c3c2=O)cc1. The monoisotopic (exact) mass is 546 g/mol. The van der Waals surface area contributed by atoms with Crippen LogP contribution in [0.25, 0.3) is 45.6 Å². The largest absolute Gasteiger partial charge is 0.306 e. The van der Waals surface area contributed by atoms with E-state index in [4.69, 9.17) is 0 Å². The fourth-order valence-electron chi connectivity index (χ4n) is 5.03. The molecule has 0 bridgehead atoms. The highest BCUT2D eigenvalue weighted by Gasteiger charge is 2.17. The number of H-pyrrole nitrogens is 4. The van der Waals surface area contributed by atoms with Crippen LogP contribution in [-0.4, -0.2) is 29.5 Å². The first-order valence-corrected chi connectivity index (χ1v) is 13.0. The summed E-state index contributed by atoms with van der Waals surface area (Å²) in [6.45, 7) is 7.30. The van der Waals surface area contributed by atoms with Crippen LogP contribution in [-0.2, 0) is 0 Å². The zero-order valence-electron chi connectivity index (χ0n) is 22.8. The van der Waals surface area contributed by atoms with Crippen LogP contribution < -0.4 is 22.2 Å². The minimum absolute atomic E-state index is 0.236. The van der Waals surface area contributed by atoms with Gasteiger partial charge in [0.15, 0.2) is 0 Å². The number of hydrogen-bond donors (Lipinski definition) is 4. The quantitative estimate of drug-likeness (QED) is 0.249. The average molecular weight is 547 g/mol. The molecule has 4 aromatic heterocycles. The highest BCUT2D eigenvalue weighted by molar-refractivity contribution is 5.84. The van der Waals surface area contributed by atoms with Crippen molar-refractivity contribution in [3.05, 3.63) is 129 Å². The van der Waals surface area contributed by atoms with E-state index in [-0.39, 0.29) is 22.2 Å². The normalized spacial score (nSPS) is 11.2. The summed E-state index contributed by atoms with van der Waals surface area (Å²) in [7, 11) is 0. The summed E-state index contributed by atoms with van der Waals surface area (Å²) in [6, 6.07) is 14.9. The smallest absolute Gasteiger partial charge is 0.281 e. The van der Waals surface area contributed by atoms with Gasteiger partial charge < -0.3 is 9.97 Å². The molecule has 0 spiro atoms. The van der Waals surface area contributed by atoms with Gasteiger partial charge in [0.1, 0.15) is 11.3 Å². The molecule has 0 aliphatic carbocycles. The van der Waals surface area contributed by atoms with Crippen LogP contribution in [0.3, 0.4) is 0 Å². The van der Waals surface area contributed by atoms with Crippen molar-refractivity contribution in [3.8, 4) is 11.4 Å². The van der Waals surface area contributed by atoms with E-state index in [9.17, 15) is 19.2 Å². The summed E-state index contributed by atoms with van der Waals surface area (Å²) in [5.41, 5.74) is 6.94. The minimum atomic E-state index is -0.416. The molecule has 6 aromatic rings. The highest BCUT2D eigenvalue weighted by Crippen LogP contribution is 2.18. The fourth-order valence-corrected chi connectivity index (χ4v) is 5.03. The maximum absolute atomic E-state index is 13.2. The molecular formula is C31H26N6O4. The molecule has 204 valence electrons. The predicted molar refractivity (Wildman–Crippen MR) is 160 cm³/mol. The number of rotatable bonds is 4. The molecule has 10 heteroatoms. The van der Waals surface area contributed by atoms with Crippen LogP contribution in [0.5, 0.6) is 0 Å². The van der Waals surface area contributed by atoms with Crippen LogP contribution >= 0.6 is 0 Å². The Bertz CT molecular complexity index is 2140. The maximum atomic E-state index is 13.2. The molecule has 0 aliphatic heterocycles. The first-order chi connectivity index (χ1) is 19.6. The lowest BCUT2D eigenvalue weighted by molar-refractivity contribution is 0.857. The van der Waals surface area contributed by atoms with Gasteiger partial charge in [-0.15, -0.1) is 5.73 Å². The summed E-state index contributed by atoms with van der Waals surface area (Å²) in [6.07, 6.45) is 2.86. The van der Waals surface area contributed by atoms with E-state index in [0.717, 1.165) is 11.1 Å². The van der Waals surface area contributed by atoms with Gasteiger partial charge in [-0.2, -0.15) is 0 Å². The molecule has 41 heavy (non-hydrogen) atoms. The second kappa shape index (κ2) is 9.55. The number of aromatic nitrogens is 6. The van der Waals surface area contributed by atoms with Gasteiger partial charge in [-0.1, -0.05) is 35.4 Å². The average Bonchev–Trinajstić information content (AvgIpc) is 3.44. The Morgan fingerprint density at radius 3 is 1.32 bits per heavy atom. The standard InChI is InChI=1S/C31H26N6O4/c1-16-8-12-20(13-9-16)36-30(40)24-18(3)22(28(38)32-26(24)34-36)6-5-7-23-19(4)25-27(33-29(23)39)35-37(31(25)41)21-14-10-17(2)11-15-21/h6-15H,1-4H3,(H2,32,34,38)(H2,33,35,39). The van der Waals surface area contributed by atoms with Crippen molar-refractivity contribution >= 4 is 34.2 Å². The summed E-state index contributed by atoms with van der Waals surface area (Å²) in [4.78, 5) is 57.8. The van der Waals surface area contributed by atoms with Gasteiger partial charge in [-0.3, -0.25) is 29.4 Å². The fraction of sp³-hybridized carbons (Fsp3) is 0.129. The molecule has 0 saturated carbocycles. The number of fused-ring (bicyclic) bond motifs is 2. The third kappa shape index (κ3) is 4.23. The third-order valence-electron chi connectivity index (χ3n) is 7.35. The Morgan fingerprint density at radius 1 is 0.585 bits per heavy atom. The number of nitrogens with zero attached hydrogens (tertiary/aromatic N) is 2. The Labute approximate surface area is 231 Å². The van der Waals surface area contributed by atoms with Crippen molar-refractivity contribution in [3.63, 3.8) is 0 Å². The number of nitrogens with one attached hydrogen (secondary N) is 4. The summed E-state index contributed by atoms with van der Waals surface area (Å²) >= 11 is 0.